The fourth-order valence-electron chi connectivity index (χ4n) is 2.30. The molecular weight excluding hydrogens is 300 g/mol. The van der Waals surface area contributed by atoms with E-state index in [4.69, 9.17) is 9.84 Å². The highest BCUT2D eigenvalue weighted by Crippen LogP contribution is 2.29. The quantitative estimate of drug-likeness (QED) is 0.404. The summed E-state index contributed by atoms with van der Waals surface area (Å²) in [7, 11) is 2.01. The van der Waals surface area contributed by atoms with Gasteiger partial charge in [-0.2, -0.15) is 0 Å². The Labute approximate surface area is 135 Å². The fraction of sp³-hybridized carbons (Fsp3) is 0.467. The number of nitrogens with one attached hydrogen (secondary N) is 1. The molecule has 2 rings (SSSR count). The third kappa shape index (κ3) is 5.03. The summed E-state index contributed by atoms with van der Waals surface area (Å²) in [6.07, 6.45) is 4.93. The molecule has 1 heterocycles. The maximum absolute atomic E-state index is 11.2. The maximum Gasteiger partial charge on any atom is 0.296 e. The second-order valence-electron chi connectivity index (χ2n) is 5.30. The maximum atomic E-state index is 11.2. The molecule has 0 bridgehead atoms. The van der Waals surface area contributed by atoms with Crippen LogP contribution in [-0.2, 0) is 0 Å². The van der Waals surface area contributed by atoms with Crippen LogP contribution in [-0.4, -0.2) is 59.8 Å². The van der Waals surface area contributed by atoms with Crippen LogP contribution in [0.2, 0.25) is 0 Å². The molecule has 1 aliphatic heterocycles. The third-order valence-electron chi connectivity index (χ3n) is 3.40. The molecule has 126 valence electrons. The number of anilines is 1. The molecule has 1 aliphatic rings. The Morgan fingerprint density at radius 1 is 1.43 bits per heavy atom. The van der Waals surface area contributed by atoms with Crippen molar-refractivity contribution in [2.75, 3.05) is 45.3 Å². The fourth-order valence-corrected chi connectivity index (χ4v) is 2.30. The van der Waals surface area contributed by atoms with Crippen LogP contribution < -0.4 is 10.1 Å². The molecular formula is C15H22N4O4. The number of nitro benzene ring substituents is 1. The summed E-state index contributed by atoms with van der Waals surface area (Å²) >= 11 is 0. The van der Waals surface area contributed by atoms with Gasteiger partial charge in [-0.05, 0) is 18.6 Å². The number of benzene rings is 1. The van der Waals surface area contributed by atoms with E-state index in [-0.39, 0.29) is 18.9 Å². The molecule has 23 heavy (non-hydrogen) atoms. The van der Waals surface area contributed by atoms with E-state index in [1.165, 1.54) is 6.07 Å². The van der Waals surface area contributed by atoms with E-state index in [0.29, 0.717) is 18.0 Å². The van der Waals surface area contributed by atoms with Gasteiger partial charge in [-0.3, -0.25) is 10.1 Å². The van der Waals surface area contributed by atoms with Crippen molar-refractivity contribution in [1.29, 1.82) is 0 Å². The van der Waals surface area contributed by atoms with E-state index in [1.54, 1.807) is 12.1 Å². The normalized spacial score (nSPS) is 13.5. The van der Waals surface area contributed by atoms with E-state index in [0.717, 1.165) is 19.6 Å². The molecule has 1 aromatic carbocycles. The van der Waals surface area contributed by atoms with Gasteiger partial charge in [0.05, 0.1) is 24.3 Å². The van der Waals surface area contributed by atoms with Gasteiger partial charge in [-0.1, -0.05) is 0 Å². The number of hydrogen-bond donors (Lipinski definition) is 2. The van der Waals surface area contributed by atoms with Crippen LogP contribution in [0.15, 0.2) is 30.6 Å². The standard InChI is InChI=1S/C15H22N4O4/c1-17-7-8-18(12-17)6-2-5-16-14-4-3-13(23-10-9-20)11-15(14)19(21)22/h3-4,7-8,11,16,20H,2,5-6,9-10,12H2,1H3. The van der Waals surface area contributed by atoms with Crippen molar-refractivity contribution in [3.05, 3.63) is 40.7 Å². The molecule has 8 heteroatoms. The zero-order valence-corrected chi connectivity index (χ0v) is 13.1. The van der Waals surface area contributed by atoms with Gasteiger partial charge in [0.2, 0.25) is 0 Å². The van der Waals surface area contributed by atoms with E-state index in [2.05, 4.69) is 15.1 Å². The summed E-state index contributed by atoms with van der Waals surface area (Å²) in [5, 5.41) is 23.0. The van der Waals surface area contributed by atoms with Gasteiger partial charge >= 0.3 is 0 Å². The molecule has 0 saturated carbocycles. The van der Waals surface area contributed by atoms with Crippen LogP contribution in [0.5, 0.6) is 5.75 Å². The van der Waals surface area contributed by atoms with Gasteiger partial charge in [-0.15, -0.1) is 0 Å². The van der Waals surface area contributed by atoms with Crippen molar-refractivity contribution in [3.8, 4) is 5.75 Å². The molecule has 0 aromatic heterocycles. The second-order valence-corrected chi connectivity index (χ2v) is 5.30. The molecule has 8 nitrogen and oxygen atoms in total. The van der Waals surface area contributed by atoms with Crippen molar-refractivity contribution in [3.63, 3.8) is 0 Å². The lowest BCUT2D eigenvalue weighted by Crippen LogP contribution is -2.24. The second kappa shape index (κ2) is 8.23. The molecule has 0 radical (unpaired) electrons. The number of hydrogen-bond acceptors (Lipinski definition) is 7. The summed E-state index contributed by atoms with van der Waals surface area (Å²) in [5.74, 6) is 0.376. The average Bonchev–Trinajstić information content (AvgIpc) is 2.95. The van der Waals surface area contributed by atoms with Gasteiger partial charge in [0, 0.05) is 32.5 Å². The molecule has 1 aromatic rings. The first-order chi connectivity index (χ1) is 11.1. The van der Waals surface area contributed by atoms with Crippen molar-refractivity contribution in [2.45, 2.75) is 6.42 Å². The minimum Gasteiger partial charge on any atom is -0.491 e. The lowest BCUT2D eigenvalue weighted by atomic mass is 10.2. The lowest BCUT2D eigenvalue weighted by molar-refractivity contribution is -0.384. The first kappa shape index (κ1) is 16.9. The van der Waals surface area contributed by atoms with Crippen molar-refractivity contribution < 1.29 is 14.8 Å². The molecule has 0 unspecified atom stereocenters. The first-order valence-electron chi connectivity index (χ1n) is 7.48. The van der Waals surface area contributed by atoms with Crippen molar-refractivity contribution in [1.82, 2.24) is 9.80 Å². The number of nitrogens with zero attached hydrogens (tertiary/aromatic N) is 3. The zero-order valence-electron chi connectivity index (χ0n) is 13.1. The predicted octanol–water partition coefficient (Wildman–Crippen LogP) is 1.44. The highest BCUT2D eigenvalue weighted by atomic mass is 16.6. The number of nitro groups is 1. The van der Waals surface area contributed by atoms with E-state index in [1.807, 2.05) is 19.4 Å². The summed E-state index contributed by atoms with van der Waals surface area (Å²) in [6, 6.07) is 4.66. The Morgan fingerprint density at radius 3 is 2.91 bits per heavy atom. The number of aliphatic hydroxyl groups is 1. The number of aliphatic hydroxyl groups excluding tert-OH is 1. The molecule has 0 atom stereocenters. The Hall–Kier alpha value is -2.48. The molecule has 0 aliphatic carbocycles. The van der Waals surface area contributed by atoms with Gasteiger partial charge in [0.1, 0.15) is 18.0 Å². The largest absolute Gasteiger partial charge is 0.491 e. The van der Waals surface area contributed by atoms with Gasteiger partial charge in [0.25, 0.3) is 5.69 Å². The molecule has 0 saturated heterocycles. The van der Waals surface area contributed by atoms with Crippen molar-refractivity contribution >= 4 is 11.4 Å². The average molecular weight is 322 g/mol. The molecule has 0 fully saturated rings. The number of rotatable bonds is 9. The van der Waals surface area contributed by atoms with Gasteiger partial charge in [0.15, 0.2) is 0 Å². The highest BCUT2D eigenvalue weighted by molar-refractivity contribution is 5.63. The summed E-state index contributed by atoms with van der Waals surface area (Å²) in [4.78, 5) is 15.0. The Balaban J connectivity index is 1.86. The first-order valence-corrected chi connectivity index (χ1v) is 7.48. The summed E-state index contributed by atoms with van der Waals surface area (Å²) in [5.41, 5.74) is 0.446. The highest BCUT2D eigenvalue weighted by Gasteiger charge is 2.15. The number of ether oxygens (including phenoxy) is 1. The van der Waals surface area contributed by atoms with E-state index >= 15 is 0 Å². The van der Waals surface area contributed by atoms with E-state index in [9.17, 15) is 10.1 Å². The Kier molecular flexibility index (Phi) is 6.04. The van der Waals surface area contributed by atoms with Crippen LogP contribution in [0.3, 0.4) is 0 Å². The van der Waals surface area contributed by atoms with Crippen LogP contribution >= 0.6 is 0 Å². The predicted molar refractivity (Wildman–Crippen MR) is 87.3 cm³/mol. The van der Waals surface area contributed by atoms with Crippen LogP contribution in [0.1, 0.15) is 6.42 Å². The third-order valence-corrected chi connectivity index (χ3v) is 3.40. The lowest BCUT2D eigenvalue weighted by Gasteiger charge is -2.18. The summed E-state index contributed by atoms with van der Waals surface area (Å²) < 4.78 is 5.20. The Morgan fingerprint density at radius 2 is 2.26 bits per heavy atom. The van der Waals surface area contributed by atoms with Crippen LogP contribution in [0.25, 0.3) is 0 Å². The minimum atomic E-state index is -0.438. The zero-order chi connectivity index (χ0) is 16.7. The topological polar surface area (TPSA) is 91.1 Å². The van der Waals surface area contributed by atoms with Gasteiger partial charge < -0.3 is 25.0 Å². The SMILES string of the molecule is CN1C=CN(CCCNc2ccc(OCCO)cc2[N+](=O)[O-])C1. The summed E-state index contributed by atoms with van der Waals surface area (Å²) in [6.45, 7) is 2.39. The van der Waals surface area contributed by atoms with E-state index < -0.39 is 4.92 Å². The monoisotopic (exact) mass is 322 g/mol. The van der Waals surface area contributed by atoms with Crippen molar-refractivity contribution in [2.24, 2.45) is 0 Å². The van der Waals surface area contributed by atoms with Crippen LogP contribution in [0.4, 0.5) is 11.4 Å². The minimum absolute atomic E-state index is 0.0266. The smallest absolute Gasteiger partial charge is 0.296 e. The van der Waals surface area contributed by atoms with Gasteiger partial charge in [-0.25, -0.2) is 0 Å². The van der Waals surface area contributed by atoms with Crippen LogP contribution in [0, 0.1) is 10.1 Å². The molecule has 2 N–H and O–H groups in total. The molecule has 0 amide bonds. The molecule has 0 spiro atoms. The Bertz CT molecular complexity index is 564.